The average Bonchev–Trinajstić information content (AvgIpc) is 2.47. The van der Waals surface area contributed by atoms with Crippen molar-refractivity contribution in [1.82, 2.24) is 4.90 Å². The maximum atomic E-state index is 10.0. The van der Waals surface area contributed by atoms with Gasteiger partial charge in [-0.05, 0) is 45.2 Å². The van der Waals surface area contributed by atoms with E-state index in [9.17, 15) is 5.11 Å². The van der Waals surface area contributed by atoms with Crippen molar-refractivity contribution in [3.63, 3.8) is 0 Å². The largest absolute Gasteiger partial charge is 0.490 e. The Morgan fingerprint density at radius 1 is 1.25 bits per heavy atom. The van der Waals surface area contributed by atoms with Crippen molar-refractivity contribution in [2.75, 3.05) is 19.8 Å². The number of ether oxygens (including phenoxy) is 2. The van der Waals surface area contributed by atoms with Gasteiger partial charge in [0.2, 0.25) is 0 Å². The van der Waals surface area contributed by atoms with Gasteiger partial charge in [-0.15, -0.1) is 0 Å². The Balaban J connectivity index is 1.91. The molecule has 112 valence electrons. The highest BCUT2D eigenvalue weighted by Gasteiger charge is 2.25. The van der Waals surface area contributed by atoms with Crippen LogP contribution in [0.2, 0.25) is 0 Å². The van der Waals surface area contributed by atoms with E-state index in [4.69, 9.17) is 9.47 Å². The molecule has 1 aliphatic heterocycles. The fourth-order valence-corrected chi connectivity index (χ4v) is 2.60. The van der Waals surface area contributed by atoms with Crippen molar-refractivity contribution in [2.24, 2.45) is 0 Å². The molecule has 1 N–H and O–H groups in total. The number of piperidine rings is 1. The van der Waals surface area contributed by atoms with E-state index < -0.39 is 0 Å². The molecular formula is C16H25NO3. The number of hydrogen-bond donors (Lipinski definition) is 1. The molecule has 0 aliphatic carbocycles. The van der Waals surface area contributed by atoms with E-state index >= 15 is 0 Å². The quantitative estimate of drug-likeness (QED) is 0.869. The highest BCUT2D eigenvalue weighted by Crippen LogP contribution is 2.27. The lowest BCUT2D eigenvalue weighted by Crippen LogP contribution is -2.47. The standard InChI is InChI=1S/C16H25NO3/c1-3-19-14-8-4-5-9-15(14)20-12-13(2)17-11-7-6-10-16(17)18/h4-5,8-9,13,16,18H,3,6-7,10-12H2,1-2H3. The molecule has 1 heterocycles. The highest BCUT2D eigenvalue weighted by molar-refractivity contribution is 5.39. The zero-order chi connectivity index (χ0) is 14.4. The summed E-state index contributed by atoms with van der Waals surface area (Å²) in [6.45, 7) is 6.18. The van der Waals surface area contributed by atoms with Crippen LogP contribution in [0, 0.1) is 0 Å². The lowest BCUT2D eigenvalue weighted by atomic mass is 10.1. The molecule has 2 unspecified atom stereocenters. The van der Waals surface area contributed by atoms with E-state index in [0.29, 0.717) is 13.2 Å². The summed E-state index contributed by atoms with van der Waals surface area (Å²) in [6, 6.07) is 7.91. The van der Waals surface area contributed by atoms with Gasteiger partial charge >= 0.3 is 0 Å². The molecule has 0 saturated carbocycles. The first kappa shape index (κ1) is 15.1. The average molecular weight is 279 g/mol. The van der Waals surface area contributed by atoms with E-state index in [0.717, 1.165) is 37.3 Å². The third-order valence-corrected chi connectivity index (χ3v) is 3.71. The van der Waals surface area contributed by atoms with E-state index in [1.807, 2.05) is 31.2 Å². The molecule has 2 atom stereocenters. The molecule has 20 heavy (non-hydrogen) atoms. The zero-order valence-corrected chi connectivity index (χ0v) is 12.4. The number of aliphatic hydroxyl groups excluding tert-OH is 1. The first-order valence-electron chi connectivity index (χ1n) is 7.50. The van der Waals surface area contributed by atoms with Gasteiger partial charge < -0.3 is 14.6 Å². The van der Waals surface area contributed by atoms with Crippen LogP contribution in [0.25, 0.3) is 0 Å². The second-order valence-electron chi connectivity index (χ2n) is 5.25. The molecular weight excluding hydrogens is 254 g/mol. The van der Waals surface area contributed by atoms with Crippen molar-refractivity contribution in [1.29, 1.82) is 0 Å². The van der Waals surface area contributed by atoms with Gasteiger partial charge in [0, 0.05) is 12.6 Å². The van der Waals surface area contributed by atoms with Gasteiger partial charge in [-0.2, -0.15) is 0 Å². The van der Waals surface area contributed by atoms with Crippen molar-refractivity contribution in [2.45, 2.75) is 45.4 Å². The SMILES string of the molecule is CCOc1ccccc1OCC(C)N1CCCCC1O. The Labute approximate surface area is 121 Å². The molecule has 1 aromatic carbocycles. The van der Waals surface area contributed by atoms with Crippen LogP contribution in [-0.2, 0) is 0 Å². The Morgan fingerprint density at radius 2 is 1.95 bits per heavy atom. The summed E-state index contributed by atoms with van der Waals surface area (Å²) in [6.07, 6.45) is 2.79. The number of nitrogens with zero attached hydrogens (tertiary/aromatic N) is 1. The predicted octanol–water partition coefficient (Wildman–Crippen LogP) is 2.66. The summed E-state index contributed by atoms with van der Waals surface area (Å²) in [5.41, 5.74) is 0. The van der Waals surface area contributed by atoms with Crippen LogP contribution in [0.5, 0.6) is 11.5 Å². The topological polar surface area (TPSA) is 41.9 Å². The van der Waals surface area contributed by atoms with Gasteiger partial charge in [-0.3, -0.25) is 4.90 Å². The summed E-state index contributed by atoms with van der Waals surface area (Å²) in [7, 11) is 0. The Kier molecular flexibility index (Phi) is 5.68. The van der Waals surface area contributed by atoms with Crippen molar-refractivity contribution in [3.05, 3.63) is 24.3 Å². The van der Waals surface area contributed by atoms with E-state index in [1.54, 1.807) is 0 Å². The smallest absolute Gasteiger partial charge is 0.161 e. The van der Waals surface area contributed by atoms with Crippen LogP contribution in [0.3, 0.4) is 0 Å². The summed E-state index contributed by atoms with van der Waals surface area (Å²) in [5.74, 6) is 1.55. The van der Waals surface area contributed by atoms with Gasteiger partial charge in [-0.1, -0.05) is 12.1 Å². The zero-order valence-electron chi connectivity index (χ0n) is 12.4. The van der Waals surface area contributed by atoms with Gasteiger partial charge in [0.15, 0.2) is 11.5 Å². The molecule has 0 amide bonds. The van der Waals surface area contributed by atoms with Crippen molar-refractivity contribution in [3.8, 4) is 11.5 Å². The third-order valence-electron chi connectivity index (χ3n) is 3.71. The van der Waals surface area contributed by atoms with E-state index in [-0.39, 0.29) is 12.3 Å². The van der Waals surface area contributed by atoms with E-state index in [1.165, 1.54) is 0 Å². The Morgan fingerprint density at radius 3 is 2.60 bits per heavy atom. The number of aliphatic hydroxyl groups is 1. The molecule has 1 aliphatic rings. The van der Waals surface area contributed by atoms with Crippen LogP contribution in [0.4, 0.5) is 0 Å². The maximum absolute atomic E-state index is 10.0. The molecule has 1 aromatic rings. The van der Waals surface area contributed by atoms with Crippen LogP contribution in [0.15, 0.2) is 24.3 Å². The first-order valence-corrected chi connectivity index (χ1v) is 7.50. The molecule has 0 radical (unpaired) electrons. The number of rotatable bonds is 6. The van der Waals surface area contributed by atoms with Gasteiger partial charge in [0.05, 0.1) is 6.61 Å². The molecule has 1 saturated heterocycles. The Bertz CT molecular complexity index is 410. The first-order chi connectivity index (χ1) is 9.72. The maximum Gasteiger partial charge on any atom is 0.161 e. The van der Waals surface area contributed by atoms with Crippen LogP contribution < -0.4 is 9.47 Å². The number of likely N-dealkylation sites (tertiary alicyclic amines) is 1. The summed E-state index contributed by atoms with van der Waals surface area (Å²) in [5, 5.41) is 10.0. The Hall–Kier alpha value is -1.26. The minimum atomic E-state index is -0.329. The van der Waals surface area contributed by atoms with Gasteiger partial charge in [-0.25, -0.2) is 0 Å². The van der Waals surface area contributed by atoms with Gasteiger partial charge in [0.25, 0.3) is 0 Å². The number of hydrogen-bond acceptors (Lipinski definition) is 4. The normalized spacial score (nSPS) is 21.4. The van der Waals surface area contributed by atoms with E-state index in [2.05, 4.69) is 11.8 Å². The lowest BCUT2D eigenvalue weighted by molar-refractivity contribution is -0.0548. The second kappa shape index (κ2) is 7.50. The molecule has 1 fully saturated rings. The van der Waals surface area contributed by atoms with Crippen LogP contribution >= 0.6 is 0 Å². The van der Waals surface area contributed by atoms with Crippen LogP contribution in [0.1, 0.15) is 33.1 Å². The minimum absolute atomic E-state index is 0.194. The molecule has 0 bridgehead atoms. The molecule has 0 aromatic heterocycles. The van der Waals surface area contributed by atoms with Crippen LogP contribution in [-0.4, -0.2) is 42.0 Å². The lowest BCUT2D eigenvalue weighted by Gasteiger charge is -2.36. The predicted molar refractivity (Wildman–Crippen MR) is 79.1 cm³/mol. The number of para-hydroxylation sites is 2. The fourth-order valence-electron chi connectivity index (χ4n) is 2.60. The van der Waals surface area contributed by atoms with Crippen molar-refractivity contribution < 1.29 is 14.6 Å². The monoisotopic (exact) mass is 279 g/mol. The molecule has 4 heteroatoms. The van der Waals surface area contributed by atoms with Gasteiger partial charge in [0.1, 0.15) is 12.8 Å². The summed E-state index contributed by atoms with van der Waals surface area (Å²) >= 11 is 0. The summed E-state index contributed by atoms with van der Waals surface area (Å²) < 4.78 is 11.4. The molecule has 2 rings (SSSR count). The minimum Gasteiger partial charge on any atom is -0.490 e. The molecule has 4 nitrogen and oxygen atoms in total. The highest BCUT2D eigenvalue weighted by atomic mass is 16.5. The number of benzene rings is 1. The second-order valence-corrected chi connectivity index (χ2v) is 5.25. The third kappa shape index (κ3) is 3.87. The van der Waals surface area contributed by atoms with Crippen molar-refractivity contribution >= 4 is 0 Å². The summed E-state index contributed by atoms with van der Waals surface area (Å²) in [4.78, 5) is 2.12. The molecule has 0 spiro atoms. The fraction of sp³-hybridized carbons (Fsp3) is 0.625.